The maximum Gasteiger partial charge on any atom is 0.260 e. The van der Waals surface area contributed by atoms with Gasteiger partial charge in [-0.05, 0) is 43.2 Å². The van der Waals surface area contributed by atoms with Crippen LogP contribution in [0.2, 0.25) is 0 Å². The van der Waals surface area contributed by atoms with Gasteiger partial charge in [-0.25, -0.2) is 17.8 Å². The van der Waals surface area contributed by atoms with Gasteiger partial charge in [0, 0.05) is 13.1 Å². The molecule has 1 N–H and O–H groups in total. The molecule has 31 heavy (non-hydrogen) atoms. The van der Waals surface area contributed by atoms with E-state index in [1.807, 2.05) is 13.8 Å². The summed E-state index contributed by atoms with van der Waals surface area (Å²) in [4.78, 5) is 16.9. The normalized spacial score (nSPS) is 11.9. The van der Waals surface area contributed by atoms with Crippen molar-refractivity contribution < 1.29 is 17.6 Å². The Hall–Kier alpha value is -2.36. The lowest BCUT2D eigenvalue weighted by atomic mass is 10.2. The summed E-state index contributed by atoms with van der Waals surface area (Å²) >= 11 is 1.16. The molecular weight excluding hydrogens is 437 g/mol. The highest BCUT2D eigenvalue weighted by atomic mass is 32.2. The molecule has 0 saturated carbocycles. The van der Waals surface area contributed by atoms with Crippen molar-refractivity contribution in [2.45, 2.75) is 44.4 Å². The van der Waals surface area contributed by atoms with Crippen LogP contribution in [0.25, 0.3) is 10.2 Å². The molecule has 1 aromatic heterocycles. The lowest BCUT2D eigenvalue weighted by molar-refractivity contribution is 0.102. The Morgan fingerprint density at radius 2 is 1.77 bits per heavy atom. The minimum atomic E-state index is -3.62. The number of aromatic nitrogens is 1. The number of amides is 1. The molecule has 6 nitrogen and oxygen atoms in total. The van der Waals surface area contributed by atoms with E-state index in [4.69, 9.17) is 0 Å². The summed E-state index contributed by atoms with van der Waals surface area (Å²) in [6, 6.07) is 10.5. The van der Waals surface area contributed by atoms with Crippen LogP contribution in [0, 0.1) is 5.82 Å². The number of nitrogens with one attached hydrogen (secondary N) is 1. The van der Waals surface area contributed by atoms with Crippen LogP contribution in [0.4, 0.5) is 9.52 Å². The first-order chi connectivity index (χ1) is 14.9. The van der Waals surface area contributed by atoms with Crippen LogP contribution >= 0.6 is 11.3 Å². The summed E-state index contributed by atoms with van der Waals surface area (Å²) in [5, 5.41) is 2.88. The molecule has 0 aliphatic carbocycles. The van der Waals surface area contributed by atoms with Crippen molar-refractivity contribution in [2.75, 3.05) is 18.4 Å². The first kappa shape index (κ1) is 23.3. The predicted octanol–water partition coefficient (Wildman–Crippen LogP) is 5.28. The van der Waals surface area contributed by atoms with Gasteiger partial charge in [-0.3, -0.25) is 10.1 Å². The van der Waals surface area contributed by atoms with E-state index in [1.54, 1.807) is 28.6 Å². The Morgan fingerprint density at radius 3 is 2.42 bits per heavy atom. The Bertz CT molecular complexity index is 1150. The number of fused-ring (bicyclic) bond motifs is 1. The SMILES string of the molecule is CCCCN(CCCC)S(=O)(=O)c1ccc2nc(NC(=O)c3ccccc3F)sc2c1. The molecule has 3 aromatic rings. The topological polar surface area (TPSA) is 79.4 Å². The van der Waals surface area contributed by atoms with Gasteiger partial charge in [0.2, 0.25) is 10.0 Å². The van der Waals surface area contributed by atoms with Crippen molar-refractivity contribution in [3.05, 3.63) is 53.8 Å². The van der Waals surface area contributed by atoms with E-state index in [0.29, 0.717) is 23.3 Å². The summed E-state index contributed by atoms with van der Waals surface area (Å²) in [5.74, 6) is -1.22. The molecule has 0 radical (unpaired) electrons. The van der Waals surface area contributed by atoms with Gasteiger partial charge in [-0.15, -0.1) is 0 Å². The average molecular weight is 464 g/mol. The fourth-order valence-corrected chi connectivity index (χ4v) is 5.62. The van der Waals surface area contributed by atoms with Gasteiger partial charge < -0.3 is 0 Å². The van der Waals surface area contributed by atoms with Crippen molar-refractivity contribution in [1.82, 2.24) is 9.29 Å². The number of carbonyl (C=O) groups excluding carboxylic acids is 1. The largest absolute Gasteiger partial charge is 0.298 e. The highest BCUT2D eigenvalue weighted by molar-refractivity contribution is 7.89. The maximum absolute atomic E-state index is 13.8. The minimum absolute atomic E-state index is 0.0764. The fraction of sp³-hybridized carbons (Fsp3) is 0.364. The van der Waals surface area contributed by atoms with E-state index in [9.17, 15) is 17.6 Å². The maximum atomic E-state index is 13.8. The van der Waals surface area contributed by atoms with E-state index >= 15 is 0 Å². The van der Waals surface area contributed by atoms with Gasteiger partial charge in [0.15, 0.2) is 5.13 Å². The number of nitrogens with zero attached hydrogens (tertiary/aromatic N) is 2. The number of carbonyl (C=O) groups is 1. The van der Waals surface area contributed by atoms with Crippen LogP contribution in [0.15, 0.2) is 47.4 Å². The second-order valence-electron chi connectivity index (χ2n) is 7.19. The van der Waals surface area contributed by atoms with Crippen molar-refractivity contribution in [3.63, 3.8) is 0 Å². The van der Waals surface area contributed by atoms with E-state index in [0.717, 1.165) is 37.0 Å². The Morgan fingerprint density at radius 1 is 1.10 bits per heavy atom. The van der Waals surface area contributed by atoms with E-state index in [-0.39, 0.29) is 15.6 Å². The third-order valence-electron chi connectivity index (χ3n) is 4.86. The van der Waals surface area contributed by atoms with E-state index < -0.39 is 21.7 Å². The molecule has 166 valence electrons. The molecule has 0 spiro atoms. The van der Waals surface area contributed by atoms with Crippen molar-refractivity contribution in [2.24, 2.45) is 0 Å². The number of anilines is 1. The summed E-state index contributed by atoms with van der Waals surface area (Å²) in [6.07, 6.45) is 3.43. The lowest BCUT2D eigenvalue weighted by Crippen LogP contribution is -2.33. The van der Waals surface area contributed by atoms with Crippen LogP contribution in [-0.4, -0.2) is 36.7 Å². The van der Waals surface area contributed by atoms with Gasteiger partial charge in [0.25, 0.3) is 5.91 Å². The summed E-state index contributed by atoms with van der Waals surface area (Å²) in [6.45, 7) is 5.04. The molecular formula is C22H26FN3O3S2. The van der Waals surface area contributed by atoms with Crippen LogP contribution in [0.5, 0.6) is 0 Å². The fourth-order valence-electron chi connectivity index (χ4n) is 3.10. The van der Waals surface area contributed by atoms with Crippen molar-refractivity contribution in [1.29, 1.82) is 0 Å². The van der Waals surface area contributed by atoms with Gasteiger partial charge in [0.05, 0.1) is 20.7 Å². The molecule has 0 aliphatic heterocycles. The Kier molecular flexibility index (Phi) is 7.74. The van der Waals surface area contributed by atoms with Crippen LogP contribution < -0.4 is 5.32 Å². The molecule has 0 unspecified atom stereocenters. The van der Waals surface area contributed by atoms with Gasteiger partial charge >= 0.3 is 0 Å². The first-order valence-corrected chi connectivity index (χ1v) is 12.6. The smallest absolute Gasteiger partial charge is 0.260 e. The number of sulfonamides is 1. The zero-order valence-electron chi connectivity index (χ0n) is 17.6. The molecule has 2 aromatic carbocycles. The van der Waals surface area contributed by atoms with Gasteiger partial charge in [-0.2, -0.15) is 4.31 Å². The van der Waals surface area contributed by atoms with Gasteiger partial charge in [-0.1, -0.05) is 50.2 Å². The summed E-state index contributed by atoms with van der Waals surface area (Å²) in [7, 11) is -3.62. The summed E-state index contributed by atoms with van der Waals surface area (Å²) in [5.41, 5.74) is 0.494. The molecule has 0 atom stereocenters. The highest BCUT2D eigenvalue weighted by Crippen LogP contribution is 2.30. The first-order valence-electron chi connectivity index (χ1n) is 10.3. The van der Waals surface area contributed by atoms with Crippen LogP contribution in [-0.2, 0) is 10.0 Å². The monoisotopic (exact) mass is 463 g/mol. The molecule has 0 fully saturated rings. The van der Waals surface area contributed by atoms with E-state index in [2.05, 4.69) is 10.3 Å². The highest BCUT2D eigenvalue weighted by Gasteiger charge is 2.24. The zero-order valence-corrected chi connectivity index (χ0v) is 19.2. The molecule has 9 heteroatoms. The standard InChI is InChI=1S/C22H26FN3O3S2/c1-3-5-13-26(14-6-4-2)31(28,29)16-11-12-19-20(15-16)30-22(24-19)25-21(27)17-9-7-8-10-18(17)23/h7-12,15H,3-6,13-14H2,1-2H3,(H,24,25,27). The lowest BCUT2D eigenvalue weighted by Gasteiger charge is -2.21. The second kappa shape index (κ2) is 10.3. The molecule has 1 amide bonds. The zero-order chi connectivity index (χ0) is 22.4. The number of benzene rings is 2. The number of unbranched alkanes of at least 4 members (excludes halogenated alkanes) is 2. The molecule has 3 rings (SSSR count). The van der Waals surface area contributed by atoms with E-state index in [1.165, 1.54) is 18.2 Å². The number of thiazole rings is 1. The third-order valence-corrected chi connectivity index (χ3v) is 7.69. The number of halogens is 1. The second-order valence-corrected chi connectivity index (χ2v) is 10.2. The predicted molar refractivity (Wildman–Crippen MR) is 123 cm³/mol. The van der Waals surface area contributed by atoms with Gasteiger partial charge in [0.1, 0.15) is 5.82 Å². The number of hydrogen-bond acceptors (Lipinski definition) is 5. The summed E-state index contributed by atoms with van der Waals surface area (Å²) < 4.78 is 42.4. The number of rotatable bonds is 10. The quantitative estimate of drug-likeness (QED) is 0.444. The minimum Gasteiger partial charge on any atom is -0.298 e. The molecule has 0 bridgehead atoms. The molecule has 0 saturated heterocycles. The Labute approximate surface area is 186 Å². The van der Waals surface area contributed by atoms with Crippen molar-refractivity contribution >= 4 is 42.6 Å². The Balaban J connectivity index is 1.85. The average Bonchev–Trinajstić information content (AvgIpc) is 3.15. The molecule has 0 aliphatic rings. The number of hydrogen-bond donors (Lipinski definition) is 1. The van der Waals surface area contributed by atoms with Crippen molar-refractivity contribution in [3.8, 4) is 0 Å². The third kappa shape index (κ3) is 5.47. The van der Waals surface area contributed by atoms with Crippen LogP contribution in [0.3, 0.4) is 0 Å². The molecule has 1 heterocycles. The van der Waals surface area contributed by atoms with Crippen LogP contribution in [0.1, 0.15) is 49.9 Å².